The zero-order valence-corrected chi connectivity index (χ0v) is 11.6. The fourth-order valence-electron chi connectivity index (χ4n) is 4.44. The molecule has 0 unspecified atom stereocenters. The molecule has 3 aliphatic rings. The lowest BCUT2D eigenvalue weighted by Crippen LogP contribution is -2.45. The number of nitrogens with one attached hydrogen (secondary N) is 1. The first kappa shape index (κ1) is 12.4. The average molecular weight is 248 g/mol. The van der Waals surface area contributed by atoms with Crippen LogP contribution in [0.4, 0.5) is 0 Å². The first-order chi connectivity index (χ1) is 8.95. The van der Waals surface area contributed by atoms with Crippen molar-refractivity contribution in [1.29, 1.82) is 0 Å². The van der Waals surface area contributed by atoms with Gasteiger partial charge in [-0.05, 0) is 37.5 Å². The number of rotatable bonds is 3. The number of hydrogen-bond donors (Lipinski definition) is 1. The van der Waals surface area contributed by atoms with Crippen molar-refractivity contribution < 1.29 is 0 Å². The van der Waals surface area contributed by atoms with Crippen molar-refractivity contribution in [2.24, 2.45) is 11.8 Å². The summed E-state index contributed by atoms with van der Waals surface area (Å²) >= 11 is 0. The fourth-order valence-corrected chi connectivity index (χ4v) is 4.44. The molecule has 3 rings (SSSR count). The third-order valence-corrected chi connectivity index (χ3v) is 5.31. The van der Waals surface area contributed by atoms with E-state index in [4.69, 9.17) is 0 Å². The molecule has 18 heavy (non-hydrogen) atoms. The lowest BCUT2D eigenvalue weighted by Gasteiger charge is -2.42. The second-order valence-electron chi connectivity index (χ2n) is 6.48. The summed E-state index contributed by atoms with van der Waals surface area (Å²) in [5.74, 6) is 1.93. The van der Waals surface area contributed by atoms with E-state index in [0.717, 1.165) is 24.5 Å². The van der Waals surface area contributed by atoms with Gasteiger partial charge in [0.15, 0.2) is 0 Å². The van der Waals surface area contributed by atoms with Gasteiger partial charge in [0.05, 0.1) is 6.67 Å². The van der Waals surface area contributed by atoms with Gasteiger partial charge in [0.2, 0.25) is 0 Å². The van der Waals surface area contributed by atoms with Gasteiger partial charge in [0.25, 0.3) is 0 Å². The van der Waals surface area contributed by atoms with Crippen LogP contribution >= 0.6 is 0 Å². The first-order valence-electron chi connectivity index (χ1n) is 8.11. The second-order valence-corrected chi connectivity index (χ2v) is 6.48. The van der Waals surface area contributed by atoms with E-state index in [1.807, 2.05) is 0 Å². The van der Waals surface area contributed by atoms with Crippen LogP contribution in [0.1, 0.15) is 64.2 Å². The molecule has 0 aromatic heterocycles. The molecule has 0 aromatic carbocycles. The summed E-state index contributed by atoms with van der Waals surface area (Å²) in [4.78, 5) is 2.62. The zero-order valence-electron chi connectivity index (χ0n) is 11.6. The molecule has 2 heteroatoms. The third-order valence-electron chi connectivity index (χ3n) is 5.31. The Kier molecular flexibility index (Phi) is 4.12. The zero-order chi connectivity index (χ0) is 12.2. The summed E-state index contributed by atoms with van der Waals surface area (Å²) < 4.78 is 0. The van der Waals surface area contributed by atoms with Gasteiger partial charge >= 0.3 is 0 Å². The van der Waals surface area contributed by atoms with Crippen molar-refractivity contribution in [3.63, 3.8) is 0 Å². The Morgan fingerprint density at radius 3 is 1.83 bits per heavy atom. The third kappa shape index (κ3) is 2.67. The minimum atomic E-state index is 0.830. The van der Waals surface area contributed by atoms with Gasteiger partial charge in [-0.25, -0.2) is 0 Å². The van der Waals surface area contributed by atoms with Crippen LogP contribution in [-0.2, 0) is 0 Å². The van der Waals surface area contributed by atoms with Gasteiger partial charge in [-0.2, -0.15) is 0 Å². The van der Waals surface area contributed by atoms with E-state index in [0.29, 0.717) is 0 Å². The SMILES string of the molecule is C1=CN(C(C2CCCCC2)C2CCCCC2)CN1. The standard InChI is InChI=1S/C16H28N2/c1-3-7-14(8-4-1)16(18-12-11-17-13-18)15-9-5-2-6-10-15/h11-12,14-17H,1-10,13H2. The largest absolute Gasteiger partial charge is 0.373 e. The Morgan fingerprint density at radius 1 is 0.833 bits per heavy atom. The topological polar surface area (TPSA) is 15.3 Å². The molecule has 1 heterocycles. The Bertz CT molecular complexity index is 257. The summed E-state index contributed by atoms with van der Waals surface area (Å²) in [6.07, 6.45) is 19.2. The molecule has 2 saturated carbocycles. The Morgan fingerprint density at radius 2 is 1.39 bits per heavy atom. The van der Waals surface area contributed by atoms with E-state index >= 15 is 0 Å². The molecular formula is C16H28N2. The lowest BCUT2D eigenvalue weighted by molar-refractivity contribution is 0.0915. The molecule has 1 N–H and O–H groups in total. The fraction of sp³-hybridized carbons (Fsp3) is 0.875. The minimum Gasteiger partial charge on any atom is -0.373 e. The summed E-state index contributed by atoms with van der Waals surface area (Å²) in [5, 5.41) is 3.38. The Hall–Kier alpha value is -0.660. The van der Waals surface area contributed by atoms with Crippen LogP contribution in [0.2, 0.25) is 0 Å². The average Bonchev–Trinajstić information content (AvgIpc) is 2.95. The molecule has 0 atom stereocenters. The van der Waals surface area contributed by atoms with E-state index in [9.17, 15) is 0 Å². The molecule has 2 aliphatic carbocycles. The van der Waals surface area contributed by atoms with Crippen molar-refractivity contribution in [2.75, 3.05) is 6.67 Å². The highest BCUT2D eigenvalue weighted by Gasteiger charge is 2.34. The predicted octanol–water partition coefficient (Wildman–Crippen LogP) is 3.85. The highest BCUT2D eigenvalue weighted by molar-refractivity contribution is 4.97. The lowest BCUT2D eigenvalue weighted by atomic mass is 9.73. The van der Waals surface area contributed by atoms with Crippen LogP contribution in [0.3, 0.4) is 0 Å². The van der Waals surface area contributed by atoms with Crippen molar-refractivity contribution in [2.45, 2.75) is 70.3 Å². The van der Waals surface area contributed by atoms with Crippen molar-refractivity contribution in [1.82, 2.24) is 10.2 Å². The van der Waals surface area contributed by atoms with E-state index < -0.39 is 0 Å². The van der Waals surface area contributed by atoms with Gasteiger partial charge in [-0.1, -0.05) is 38.5 Å². The van der Waals surface area contributed by atoms with Crippen LogP contribution in [-0.4, -0.2) is 17.6 Å². The van der Waals surface area contributed by atoms with E-state index in [1.54, 1.807) is 0 Å². The van der Waals surface area contributed by atoms with E-state index in [-0.39, 0.29) is 0 Å². The molecule has 0 saturated heterocycles. The maximum Gasteiger partial charge on any atom is 0.0870 e. The molecular weight excluding hydrogens is 220 g/mol. The summed E-state index contributed by atoms with van der Waals surface area (Å²) in [6, 6.07) is 0.830. The molecule has 2 nitrogen and oxygen atoms in total. The van der Waals surface area contributed by atoms with Gasteiger partial charge in [0, 0.05) is 18.4 Å². The molecule has 102 valence electrons. The van der Waals surface area contributed by atoms with E-state index in [2.05, 4.69) is 22.6 Å². The van der Waals surface area contributed by atoms with Gasteiger partial charge < -0.3 is 10.2 Å². The number of hydrogen-bond acceptors (Lipinski definition) is 2. The molecule has 1 aliphatic heterocycles. The van der Waals surface area contributed by atoms with Crippen LogP contribution in [0, 0.1) is 11.8 Å². The highest BCUT2D eigenvalue weighted by Crippen LogP contribution is 2.38. The normalized spacial score (nSPS) is 26.8. The maximum atomic E-state index is 3.38. The highest BCUT2D eigenvalue weighted by atomic mass is 15.3. The van der Waals surface area contributed by atoms with Gasteiger partial charge in [-0.15, -0.1) is 0 Å². The minimum absolute atomic E-state index is 0.830. The van der Waals surface area contributed by atoms with Crippen LogP contribution in [0.25, 0.3) is 0 Å². The molecule has 0 spiro atoms. The first-order valence-corrected chi connectivity index (χ1v) is 8.11. The quantitative estimate of drug-likeness (QED) is 0.816. The van der Waals surface area contributed by atoms with Gasteiger partial charge in [0.1, 0.15) is 0 Å². The monoisotopic (exact) mass is 248 g/mol. The van der Waals surface area contributed by atoms with Crippen molar-refractivity contribution >= 4 is 0 Å². The van der Waals surface area contributed by atoms with Crippen LogP contribution in [0.5, 0.6) is 0 Å². The second kappa shape index (κ2) is 5.99. The van der Waals surface area contributed by atoms with Crippen molar-refractivity contribution in [3.05, 3.63) is 12.4 Å². The smallest absolute Gasteiger partial charge is 0.0870 e. The van der Waals surface area contributed by atoms with Crippen LogP contribution < -0.4 is 5.32 Å². The molecule has 0 bridgehead atoms. The van der Waals surface area contributed by atoms with Gasteiger partial charge in [-0.3, -0.25) is 0 Å². The molecule has 0 radical (unpaired) electrons. The van der Waals surface area contributed by atoms with Crippen LogP contribution in [0.15, 0.2) is 12.4 Å². The Labute approximate surface area is 112 Å². The summed E-state index contributed by atoms with van der Waals surface area (Å²) in [5.41, 5.74) is 0. The molecule has 2 fully saturated rings. The molecule has 0 aromatic rings. The maximum absolute atomic E-state index is 3.38. The van der Waals surface area contributed by atoms with Crippen molar-refractivity contribution in [3.8, 4) is 0 Å². The summed E-state index contributed by atoms with van der Waals surface area (Å²) in [6.45, 7) is 1.05. The number of nitrogens with zero attached hydrogens (tertiary/aromatic N) is 1. The summed E-state index contributed by atoms with van der Waals surface area (Å²) in [7, 11) is 0. The molecule has 0 amide bonds. The predicted molar refractivity (Wildman–Crippen MR) is 75.9 cm³/mol. The Balaban J connectivity index is 1.71. The van der Waals surface area contributed by atoms with E-state index in [1.165, 1.54) is 64.2 Å².